The number of aryl methyl sites for hydroxylation is 2. The summed E-state index contributed by atoms with van der Waals surface area (Å²) in [4.78, 5) is 10.6. The van der Waals surface area contributed by atoms with Crippen LogP contribution >= 0.6 is 11.8 Å². The van der Waals surface area contributed by atoms with Crippen molar-refractivity contribution in [2.75, 3.05) is 5.75 Å². The summed E-state index contributed by atoms with van der Waals surface area (Å²) in [6, 6.07) is 0. The number of hydrogen-bond donors (Lipinski definition) is 1. The van der Waals surface area contributed by atoms with Gasteiger partial charge >= 0.3 is 5.97 Å². The van der Waals surface area contributed by atoms with Gasteiger partial charge in [0.15, 0.2) is 5.16 Å². The Morgan fingerprint density at radius 3 is 2.95 bits per heavy atom. The fraction of sp³-hybridized carbons (Fsp3) is 0.500. The molecule has 0 aliphatic heterocycles. The third kappa shape index (κ3) is 3.78. The lowest BCUT2D eigenvalue weighted by Crippen LogP contribution is -2.08. The van der Waals surface area contributed by atoms with Gasteiger partial charge in [0.05, 0.1) is 11.9 Å². The molecule has 0 unspecified atom stereocenters. The first-order valence-corrected chi connectivity index (χ1v) is 6.74. The molecule has 8 nitrogen and oxygen atoms in total. The van der Waals surface area contributed by atoms with Gasteiger partial charge in [-0.05, 0) is 13.3 Å². The normalized spacial score (nSPS) is 10.8. The fourth-order valence-corrected chi connectivity index (χ4v) is 2.33. The monoisotopic (exact) mass is 282 g/mol. The highest BCUT2D eigenvalue weighted by Crippen LogP contribution is 2.16. The van der Waals surface area contributed by atoms with Crippen molar-refractivity contribution in [2.24, 2.45) is 0 Å². The third-order valence-electron chi connectivity index (χ3n) is 2.47. The van der Waals surface area contributed by atoms with Gasteiger partial charge in [-0.1, -0.05) is 17.0 Å². The zero-order valence-corrected chi connectivity index (χ0v) is 11.2. The minimum Gasteiger partial charge on any atom is -0.481 e. The van der Waals surface area contributed by atoms with Crippen molar-refractivity contribution in [2.45, 2.75) is 31.6 Å². The number of carboxylic acids is 1. The quantitative estimate of drug-likeness (QED) is 0.736. The first kappa shape index (κ1) is 13.5. The highest BCUT2D eigenvalue weighted by atomic mass is 32.2. The van der Waals surface area contributed by atoms with E-state index >= 15 is 0 Å². The van der Waals surface area contributed by atoms with Crippen molar-refractivity contribution in [3.05, 3.63) is 18.2 Å². The molecule has 0 spiro atoms. The van der Waals surface area contributed by atoms with Crippen molar-refractivity contribution in [3.8, 4) is 0 Å². The zero-order valence-electron chi connectivity index (χ0n) is 10.4. The Morgan fingerprint density at radius 1 is 1.42 bits per heavy atom. The van der Waals surface area contributed by atoms with E-state index < -0.39 is 5.97 Å². The van der Waals surface area contributed by atoms with Crippen molar-refractivity contribution < 1.29 is 9.90 Å². The lowest BCUT2D eigenvalue weighted by molar-refractivity contribution is -0.133. The first-order chi connectivity index (χ1) is 9.16. The SMILES string of the molecule is Cc1nnc(SCC(=O)O)n1CCCn1ccnn1. The number of aromatic nitrogens is 6. The number of thioether (sulfide) groups is 1. The molecule has 0 saturated heterocycles. The Balaban J connectivity index is 1.91. The van der Waals surface area contributed by atoms with Gasteiger partial charge in [-0.15, -0.1) is 15.3 Å². The molecule has 0 bridgehead atoms. The van der Waals surface area contributed by atoms with Gasteiger partial charge < -0.3 is 9.67 Å². The largest absolute Gasteiger partial charge is 0.481 e. The molecule has 2 aromatic heterocycles. The minimum atomic E-state index is -0.861. The van der Waals surface area contributed by atoms with E-state index in [2.05, 4.69) is 20.5 Å². The maximum atomic E-state index is 10.6. The minimum absolute atomic E-state index is 0.0127. The van der Waals surface area contributed by atoms with E-state index in [1.165, 1.54) is 11.8 Å². The molecule has 1 N–H and O–H groups in total. The van der Waals surface area contributed by atoms with E-state index in [1.54, 1.807) is 17.1 Å². The van der Waals surface area contributed by atoms with Crippen LogP contribution in [-0.2, 0) is 17.9 Å². The number of carboxylic acid groups (broad SMARTS) is 1. The lowest BCUT2D eigenvalue weighted by atomic mass is 10.4. The molecule has 0 amide bonds. The highest BCUT2D eigenvalue weighted by molar-refractivity contribution is 7.99. The molecule has 0 aliphatic rings. The highest BCUT2D eigenvalue weighted by Gasteiger charge is 2.10. The summed E-state index contributed by atoms with van der Waals surface area (Å²) >= 11 is 1.18. The van der Waals surface area contributed by atoms with Crippen LogP contribution in [0.25, 0.3) is 0 Å². The van der Waals surface area contributed by atoms with Gasteiger partial charge in [0, 0.05) is 19.3 Å². The summed E-state index contributed by atoms with van der Waals surface area (Å²) < 4.78 is 3.67. The number of aliphatic carboxylic acids is 1. The van der Waals surface area contributed by atoms with Gasteiger partial charge in [-0.2, -0.15) is 0 Å². The molecule has 0 aromatic carbocycles. The molecule has 0 aliphatic carbocycles. The van der Waals surface area contributed by atoms with Gasteiger partial charge in [0.2, 0.25) is 0 Å². The van der Waals surface area contributed by atoms with Crippen LogP contribution in [0.3, 0.4) is 0 Å². The molecule has 0 radical (unpaired) electrons. The van der Waals surface area contributed by atoms with E-state index in [0.717, 1.165) is 25.3 Å². The van der Waals surface area contributed by atoms with Crippen LogP contribution in [-0.4, -0.2) is 46.6 Å². The summed E-state index contributed by atoms with van der Waals surface area (Å²) in [6.45, 7) is 3.33. The van der Waals surface area contributed by atoms with Crippen molar-refractivity contribution in [3.63, 3.8) is 0 Å². The van der Waals surface area contributed by atoms with Gasteiger partial charge in [0.25, 0.3) is 0 Å². The molecule has 0 atom stereocenters. The van der Waals surface area contributed by atoms with Gasteiger partial charge in [-0.25, -0.2) is 0 Å². The molecular formula is C10H14N6O2S. The summed E-state index contributed by atoms with van der Waals surface area (Å²) in [7, 11) is 0. The van der Waals surface area contributed by atoms with Gasteiger partial charge in [-0.3, -0.25) is 9.48 Å². The third-order valence-corrected chi connectivity index (χ3v) is 3.42. The van der Waals surface area contributed by atoms with Crippen LogP contribution in [0.15, 0.2) is 17.6 Å². The topological polar surface area (TPSA) is 98.7 Å². The van der Waals surface area contributed by atoms with Crippen LogP contribution in [0.1, 0.15) is 12.2 Å². The number of carbonyl (C=O) groups is 1. The van der Waals surface area contributed by atoms with E-state index in [4.69, 9.17) is 5.11 Å². The van der Waals surface area contributed by atoms with Gasteiger partial charge in [0.1, 0.15) is 5.82 Å². The number of hydrogen-bond acceptors (Lipinski definition) is 6. The van der Waals surface area contributed by atoms with Crippen LogP contribution < -0.4 is 0 Å². The molecule has 2 aromatic rings. The summed E-state index contributed by atoms with van der Waals surface area (Å²) in [6.07, 6.45) is 4.29. The molecule has 102 valence electrons. The second kappa shape index (κ2) is 6.32. The predicted molar refractivity (Wildman–Crippen MR) is 67.8 cm³/mol. The second-order valence-electron chi connectivity index (χ2n) is 3.88. The fourth-order valence-electron chi connectivity index (χ4n) is 1.59. The Bertz CT molecular complexity index is 538. The molecule has 0 fully saturated rings. The predicted octanol–water partition coefficient (Wildman–Crippen LogP) is 0.445. The van der Waals surface area contributed by atoms with E-state index in [0.29, 0.717) is 5.16 Å². The van der Waals surface area contributed by atoms with Crippen LogP contribution in [0.5, 0.6) is 0 Å². The second-order valence-corrected chi connectivity index (χ2v) is 4.83. The molecule has 0 saturated carbocycles. The van der Waals surface area contributed by atoms with Crippen molar-refractivity contribution in [1.82, 2.24) is 29.8 Å². The zero-order chi connectivity index (χ0) is 13.7. The molecule has 19 heavy (non-hydrogen) atoms. The van der Waals surface area contributed by atoms with E-state index in [-0.39, 0.29) is 5.75 Å². The van der Waals surface area contributed by atoms with Crippen LogP contribution in [0, 0.1) is 6.92 Å². The number of nitrogens with zero attached hydrogens (tertiary/aromatic N) is 6. The smallest absolute Gasteiger partial charge is 0.313 e. The lowest BCUT2D eigenvalue weighted by Gasteiger charge is -2.07. The van der Waals surface area contributed by atoms with E-state index in [1.807, 2.05) is 11.5 Å². The Kier molecular flexibility index (Phi) is 4.50. The summed E-state index contributed by atoms with van der Waals surface area (Å²) in [5, 5.41) is 24.9. The number of rotatable bonds is 7. The molecular weight excluding hydrogens is 268 g/mol. The summed E-state index contributed by atoms with van der Waals surface area (Å²) in [5.74, 6) is -0.0902. The van der Waals surface area contributed by atoms with Crippen molar-refractivity contribution >= 4 is 17.7 Å². The average Bonchev–Trinajstić information content (AvgIpc) is 2.99. The molecule has 2 heterocycles. The summed E-state index contributed by atoms with van der Waals surface area (Å²) in [5.41, 5.74) is 0. The Hall–Kier alpha value is -1.90. The maximum Gasteiger partial charge on any atom is 0.313 e. The Morgan fingerprint density at radius 2 is 2.26 bits per heavy atom. The molecule has 2 rings (SSSR count). The Labute approximate surface area is 113 Å². The van der Waals surface area contributed by atoms with E-state index in [9.17, 15) is 4.79 Å². The van der Waals surface area contributed by atoms with Crippen LogP contribution in [0.2, 0.25) is 0 Å². The van der Waals surface area contributed by atoms with Crippen LogP contribution in [0.4, 0.5) is 0 Å². The van der Waals surface area contributed by atoms with Crippen molar-refractivity contribution in [1.29, 1.82) is 0 Å². The standard InChI is InChI=1S/C10H14N6O2S/c1-8-12-13-10(19-7-9(17)18)16(8)5-2-4-15-6-3-11-14-15/h3,6H,2,4-5,7H2,1H3,(H,17,18). The first-order valence-electron chi connectivity index (χ1n) is 5.75. The average molecular weight is 282 g/mol. The molecule has 9 heteroatoms. The maximum absolute atomic E-state index is 10.6.